The number of hydrogen-bond donors (Lipinski definition) is 0. The molecule has 0 aromatic heterocycles. The number of benzene rings is 1. The van der Waals surface area contributed by atoms with Gasteiger partial charge in [-0.3, -0.25) is 0 Å². The van der Waals surface area contributed by atoms with E-state index in [9.17, 15) is 4.91 Å². The molecule has 3 heteroatoms. The summed E-state index contributed by atoms with van der Waals surface area (Å²) in [5, 5.41) is 2.39. The highest BCUT2D eigenvalue weighted by Crippen LogP contribution is 2.22. The monoisotopic (exact) mass is 165 g/mol. The predicted octanol–water partition coefficient (Wildman–Crippen LogP) is 2.67. The molecule has 0 spiro atoms. The molecule has 0 unspecified atom stereocenters. The van der Waals surface area contributed by atoms with Gasteiger partial charge < -0.3 is 4.84 Å². The Balaban J connectivity index is 3.13. The predicted molar refractivity (Wildman–Crippen MR) is 47.1 cm³/mol. The van der Waals surface area contributed by atoms with Crippen LogP contribution < -0.4 is 4.84 Å². The van der Waals surface area contributed by atoms with Gasteiger partial charge in [0.15, 0.2) is 11.1 Å². The molecule has 0 bridgehead atoms. The number of nitrogens with zero attached hydrogens (tertiary/aromatic N) is 1. The van der Waals surface area contributed by atoms with Crippen LogP contribution in [0.25, 0.3) is 0 Å². The van der Waals surface area contributed by atoms with Crippen molar-refractivity contribution in [2.45, 2.75) is 20.8 Å². The van der Waals surface area contributed by atoms with Crippen molar-refractivity contribution in [3.63, 3.8) is 0 Å². The topological polar surface area (TPSA) is 38.7 Å². The molecule has 0 radical (unpaired) electrons. The molecule has 12 heavy (non-hydrogen) atoms. The molecule has 1 aromatic carbocycles. The van der Waals surface area contributed by atoms with Crippen molar-refractivity contribution in [2.75, 3.05) is 0 Å². The minimum Gasteiger partial charge on any atom is -0.324 e. The summed E-state index contributed by atoms with van der Waals surface area (Å²) in [7, 11) is 0. The van der Waals surface area contributed by atoms with Crippen LogP contribution in [0, 0.1) is 25.7 Å². The molecular weight excluding hydrogens is 154 g/mol. The smallest absolute Gasteiger partial charge is 0.164 e. The molecular formula is C9H11NO2. The Hall–Kier alpha value is -1.38. The fraction of sp³-hybridized carbons (Fsp3) is 0.333. The maximum Gasteiger partial charge on any atom is 0.164 e. The van der Waals surface area contributed by atoms with Crippen LogP contribution in [0.2, 0.25) is 0 Å². The maximum atomic E-state index is 9.85. The van der Waals surface area contributed by atoms with Gasteiger partial charge in [-0.05, 0) is 43.5 Å². The fourth-order valence-electron chi connectivity index (χ4n) is 1.07. The van der Waals surface area contributed by atoms with Gasteiger partial charge in [0.1, 0.15) is 0 Å². The number of aryl methyl sites for hydroxylation is 3. The Morgan fingerprint density at radius 2 is 1.67 bits per heavy atom. The molecule has 1 aromatic rings. The third-order valence-corrected chi connectivity index (χ3v) is 1.93. The minimum absolute atomic E-state index is 0.535. The Bertz CT molecular complexity index is 308. The Morgan fingerprint density at radius 1 is 1.08 bits per heavy atom. The fourth-order valence-corrected chi connectivity index (χ4v) is 1.07. The first-order valence-electron chi connectivity index (χ1n) is 3.72. The lowest BCUT2D eigenvalue weighted by Gasteiger charge is -2.04. The summed E-state index contributed by atoms with van der Waals surface area (Å²) in [6, 6.07) is 3.78. The molecule has 0 fully saturated rings. The first kappa shape index (κ1) is 8.71. The summed E-state index contributed by atoms with van der Waals surface area (Å²) in [6.45, 7) is 5.86. The van der Waals surface area contributed by atoms with Gasteiger partial charge in [0, 0.05) is 0 Å². The highest BCUT2D eigenvalue weighted by atomic mass is 16.7. The average molecular weight is 165 g/mol. The van der Waals surface area contributed by atoms with E-state index in [2.05, 4.69) is 10.2 Å². The van der Waals surface area contributed by atoms with Gasteiger partial charge in [-0.25, -0.2) is 0 Å². The standard InChI is InChI=1S/C9H11NO2/c1-6-4-8(3)9(12-10-11)5-7(6)2/h4-5H,1-3H3. The van der Waals surface area contributed by atoms with E-state index in [-0.39, 0.29) is 0 Å². The van der Waals surface area contributed by atoms with E-state index in [0.717, 1.165) is 11.1 Å². The molecule has 0 aliphatic heterocycles. The lowest BCUT2D eigenvalue weighted by Crippen LogP contribution is -1.89. The van der Waals surface area contributed by atoms with Crippen molar-refractivity contribution in [3.8, 4) is 5.75 Å². The van der Waals surface area contributed by atoms with Crippen LogP contribution in [0.1, 0.15) is 16.7 Å². The summed E-state index contributed by atoms with van der Waals surface area (Å²) in [5.74, 6) is 0.535. The van der Waals surface area contributed by atoms with E-state index in [1.807, 2.05) is 32.9 Å². The second-order valence-corrected chi connectivity index (χ2v) is 2.87. The Morgan fingerprint density at radius 3 is 2.25 bits per heavy atom. The molecule has 0 N–H and O–H groups in total. The number of hydrogen-bond acceptors (Lipinski definition) is 3. The maximum absolute atomic E-state index is 9.85. The highest BCUT2D eigenvalue weighted by molar-refractivity contribution is 5.40. The summed E-state index contributed by atoms with van der Waals surface area (Å²) >= 11 is 0. The van der Waals surface area contributed by atoms with E-state index >= 15 is 0 Å². The van der Waals surface area contributed by atoms with Gasteiger partial charge in [0.25, 0.3) is 0 Å². The first-order valence-corrected chi connectivity index (χ1v) is 3.72. The van der Waals surface area contributed by atoms with Crippen LogP contribution in [-0.4, -0.2) is 0 Å². The third kappa shape index (κ3) is 1.61. The zero-order valence-electron chi connectivity index (χ0n) is 7.42. The molecule has 3 nitrogen and oxygen atoms in total. The second-order valence-electron chi connectivity index (χ2n) is 2.87. The lowest BCUT2D eigenvalue weighted by molar-refractivity contribution is 0.332. The van der Waals surface area contributed by atoms with Crippen molar-refractivity contribution >= 4 is 0 Å². The van der Waals surface area contributed by atoms with Crippen molar-refractivity contribution in [3.05, 3.63) is 33.7 Å². The van der Waals surface area contributed by atoms with Gasteiger partial charge in [0.05, 0.1) is 0 Å². The molecule has 0 aliphatic carbocycles. The SMILES string of the molecule is Cc1cc(C)c(ON=O)cc1C. The Kier molecular flexibility index (Phi) is 2.43. The Labute approximate surface area is 71.3 Å². The number of rotatable bonds is 2. The minimum atomic E-state index is 0.535. The van der Waals surface area contributed by atoms with Gasteiger partial charge >= 0.3 is 0 Å². The highest BCUT2D eigenvalue weighted by Gasteiger charge is 2.02. The quantitative estimate of drug-likeness (QED) is 0.499. The van der Waals surface area contributed by atoms with E-state index in [4.69, 9.17) is 0 Å². The van der Waals surface area contributed by atoms with Crippen molar-refractivity contribution in [2.24, 2.45) is 5.34 Å². The first-order chi connectivity index (χ1) is 5.65. The average Bonchev–Trinajstić information content (AvgIpc) is 2.01. The van der Waals surface area contributed by atoms with Crippen LogP contribution in [0.15, 0.2) is 17.5 Å². The molecule has 0 saturated heterocycles. The molecule has 0 aliphatic rings. The summed E-state index contributed by atoms with van der Waals surface area (Å²) in [6.07, 6.45) is 0. The van der Waals surface area contributed by atoms with Gasteiger partial charge in [0.2, 0.25) is 0 Å². The molecule has 0 amide bonds. The van der Waals surface area contributed by atoms with Crippen LogP contribution in [0.5, 0.6) is 5.75 Å². The summed E-state index contributed by atoms with van der Waals surface area (Å²) < 4.78 is 0. The van der Waals surface area contributed by atoms with E-state index in [1.165, 1.54) is 5.56 Å². The molecule has 0 atom stereocenters. The zero-order valence-corrected chi connectivity index (χ0v) is 7.42. The van der Waals surface area contributed by atoms with Crippen molar-refractivity contribution in [1.82, 2.24) is 0 Å². The van der Waals surface area contributed by atoms with E-state index in [1.54, 1.807) is 0 Å². The van der Waals surface area contributed by atoms with Crippen LogP contribution in [0.3, 0.4) is 0 Å². The lowest BCUT2D eigenvalue weighted by atomic mass is 10.1. The largest absolute Gasteiger partial charge is 0.324 e. The normalized spacial score (nSPS) is 9.58. The van der Waals surface area contributed by atoms with E-state index in [0.29, 0.717) is 5.75 Å². The molecule has 0 saturated carbocycles. The van der Waals surface area contributed by atoms with Gasteiger partial charge in [-0.15, -0.1) is 4.91 Å². The third-order valence-electron chi connectivity index (χ3n) is 1.93. The van der Waals surface area contributed by atoms with Crippen LogP contribution in [-0.2, 0) is 0 Å². The van der Waals surface area contributed by atoms with Crippen molar-refractivity contribution in [1.29, 1.82) is 0 Å². The molecule has 0 heterocycles. The van der Waals surface area contributed by atoms with Gasteiger partial charge in [-0.1, -0.05) is 6.07 Å². The van der Waals surface area contributed by atoms with Crippen LogP contribution >= 0.6 is 0 Å². The van der Waals surface area contributed by atoms with Crippen LogP contribution in [0.4, 0.5) is 0 Å². The second kappa shape index (κ2) is 3.34. The summed E-state index contributed by atoms with van der Waals surface area (Å²) in [4.78, 5) is 14.4. The van der Waals surface area contributed by atoms with E-state index < -0.39 is 0 Å². The van der Waals surface area contributed by atoms with Gasteiger partial charge in [-0.2, -0.15) is 0 Å². The zero-order chi connectivity index (χ0) is 9.14. The molecule has 1 rings (SSSR count). The molecule has 64 valence electrons. The summed E-state index contributed by atoms with van der Waals surface area (Å²) in [5.41, 5.74) is 3.21. The van der Waals surface area contributed by atoms with Crippen molar-refractivity contribution < 1.29 is 4.84 Å².